The number of fused-ring (bicyclic) bond motifs is 7. The summed E-state index contributed by atoms with van der Waals surface area (Å²) in [6, 6.07) is 0. The fraction of sp³-hybridized carbons (Fsp3) is 0.917. The normalized spacial score (nSPS) is 54.0. The van der Waals surface area contributed by atoms with Gasteiger partial charge in [-0.2, -0.15) is 0 Å². The molecule has 4 saturated carbocycles. The molecule has 0 aromatic heterocycles. The molecule has 382 valence electrons. The second-order valence-corrected chi connectivity index (χ2v) is 22.8. The van der Waals surface area contributed by atoms with Crippen molar-refractivity contribution in [2.24, 2.45) is 56.7 Å². The van der Waals surface area contributed by atoms with Gasteiger partial charge in [-0.15, -0.1) is 0 Å². The first-order chi connectivity index (χ1) is 31.4. The van der Waals surface area contributed by atoms with E-state index in [1.54, 1.807) is 6.92 Å². The van der Waals surface area contributed by atoms with Gasteiger partial charge >= 0.3 is 11.9 Å². The summed E-state index contributed by atoms with van der Waals surface area (Å²) >= 11 is 0. The summed E-state index contributed by atoms with van der Waals surface area (Å²) in [6.07, 6.45) is -17.1. The molecule has 11 N–H and O–H groups in total. The van der Waals surface area contributed by atoms with E-state index in [-0.39, 0.29) is 36.5 Å². The summed E-state index contributed by atoms with van der Waals surface area (Å²) in [5.41, 5.74) is -3.58. The molecule has 25 atom stereocenters. The molecular weight excluding hydrogens is 881 g/mol. The number of hydrogen-bond donors (Lipinski definition) is 11. The van der Waals surface area contributed by atoms with Crippen molar-refractivity contribution >= 4 is 11.9 Å². The number of rotatable bonds is 9. The Morgan fingerprint density at radius 2 is 1.25 bits per heavy atom. The van der Waals surface area contributed by atoms with Crippen molar-refractivity contribution < 1.29 is 94.2 Å². The summed E-state index contributed by atoms with van der Waals surface area (Å²) in [4.78, 5) is 29.1. The zero-order valence-electron chi connectivity index (χ0n) is 39.7. The Hall–Kier alpha value is -1.92. The fourth-order valence-corrected chi connectivity index (χ4v) is 15.3. The van der Waals surface area contributed by atoms with Crippen LogP contribution in [0, 0.1) is 56.7 Å². The van der Waals surface area contributed by atoms with Gasteiger partial charge in [0.05, 0.1) is 36.3 Å². The average molecular weight is 957 g/mol. The third kappa shape index (κ3) is 7.70. The van der Waals surface area contributed by atoms with E-state index in [9.17, 15) is 61.0 Å². The standard InChI is InChI=1S/C48H76O19/c1-20-10-15-47(42(59)60)16-17-48(43(61)67-40-36(57)34(55)32(53)25(19-50)64-40)23(29(47)21(20)2)8-9-27-45(6)13-12-28(44(4,5)26(45)11-14-46(27,48)7)65-41-37(58)38(30(51)22(3)62-41)66-39-35(56)33(54)31(52)24(18-49)63-39/h8,20-22,24-41,49-58H,9-19H2,1-7H3,(H,59,60)/t20-,21+,22+,24-,25-,26+,27-,28+,29+,30+,31-,32-,33+,34+,35-,36-,37-,38-,39+,40+,41+,45+,46-,47+,48-/m1/s1. The van der Waals surface area contributed by atoms with E-state index in [0.717, 1.165) is 12.0 Å². The maximum Gasteiger partial charge on any atom is 0.319 e. The van der Waals surface area contributed by atoms with Crippen LogP contribution < -0.4 is 0 Å². The maximum absolute atomic E-state index is 15.6. The summed E-state index contributed by atoms with van der Waals surface area (Å²) in [6.45, 7) is 12.9. The molecular formula is C48H76O19. The van der Waals surface area contributed by atoms with Crippen LogP contribution in [-0.4, -0.2) is 180 Å². The van der Waals surface area contributed by atoms with Crippen LogP contribution in [0.3, 0.4) is 0 Å². The molecule has 8 rings (SSSR count). The second-order valence-electron chi connectivity index (χ2n) is 22.8. The Bertz CT molecular complexity index is 1860. The number of hydrogen-bond acceptors (Lipinski definition) is 18. The van der Waals surface area contributed by atoms with Gasteiger partial charge in [0.2, 0.25) is 6.29 Å². The van der Waals surface area contributed by atoms with E-state index in [0.29, 0.717) is 38.5 Å². The van der Waals surface area contributed by atoms with Crippen LogP contribution in [-0.2, 0) is 38.0 Å². The number of aliphatic hydroxyl groups is 10. The van der Waals surface area contributed by atoms with E-state index in [1.807, 2.05) is 0 Å². The molecule has 0 bridgehead atoms. The Morgan fingerprint density at radius 3 is 1.87 bits per heavy atom. The molecule has 3 aliphatic heterocycles. The zero-order chi connectivity index (χ0) is 49.1. The topological polar surface area (TPSA) is 312 Å². The number of ether oxygens (including phenoxy) is 6. The number of esters is 1. The van der Waals surface area contributed by atoms with Gasteiger partial charge in [0, 0.05) is 0 Å². The highest BCUT2D eigenvalue weighted by Gasteiger charge is 2.74. The second kappa shape index (κ2) is 18.3. The molecule has 3 saturated heterocycles. The molecule has 7 fully saturated rings. The predicted molar refractivity (Wildman–Crippen MR) is 231 cm³/mol. The number of carbonyl (C=O) groups is 2. The van der Waals surface area contributed by atoms with E-state index in [2.05, 4.69) is 47.6 Å². The molecule has 19 nitrogen and oxygen atoms in total. The first-order valence-corrected chi connectivity index (χ1v) is 24.5. The third-order valence-electron chi connectivity index (χ3n) is 19.4. The first kappa shape index (κ1) is 51.4. The van der Waals surface area contributed by atoms with E-state index in [1.165, 1.54) is 0 Å². The van der Waals surface area contributed by atoms with Crippen molar-refractivity contribution in [3.05, 3.63) is 11.6 Å². The minimum atomic E-state index is -1.83. The van der Waals surface area contributed by atoms with E-state index < -0.39 is 156 Å². The first-order valence-electron chi connectivity index (χ1n) is 24.5. The van der Waals surface area contributed by atoms with Crippen LogP contribution in [0.15, 0.2) is 11.6 Å². The van der Waals surface area contributed by atoms with Gasteiger partial charge in [0.25, 0.3) is 0 Å². The molecule has 0 unspecified atom stereocenters. The lowest BCUT2D eigenvalue weighted by Gasteiger charge is -2.71. The maximum atomic E-state index is 15.6. The minimum absolute atomic E-state index is 0.0227. The van der Waals surface area contributed by atoms with Gasteiger partial charge in [-0.05, 0) is 111 Å². The molecule has 3 heterocycles. The number of allylic oxidation sites excluding steroid dienone is 1. The molecule has 0 spiro atoms. The lowest BCUT2D eigenvalue weighted by Crippen LogP contribution is -2.69. The number of aliphatic carboxylic acids is 1. The van der Waals surface area contributed by atoms with Gasteiger partial charge < -0.3 is 84.6 Å². The van der Waals surface area contributed by atoms with Gasteiger partial charge in [-0.3, -0.25) is 9.59 Å². The molecule has 0 radical (unpaired) electrons. The highest BCUT2D eigenvalue weighted by atomic mass is 16.7. The van der Waals surface area contributed by atoms with Crippen LogP contribution in [0.5, 0.6) is 0 Å². The largest absolute Gasteiger partial charge is 0.481 e. The van der Waals surface area contributed by atoms with Crippen molar-refractivity contribution in [3.63, 3.8) is 0 Å². The molecule has 19 heteroatoms. The van der Waals surface area contributed by atoms with Gasteiger partial charge in [-0.25, -0.2) is 0 Å². The minimum Gasteiger partial charge on any atom is -0.481 e. The summed E-state index contributed by atoms with van der Waals surface area (Å²) in [5.74, 6) is -2.19. The van der Waals surface area contributed by atoms with Crippen LogP contribution in [0.4, 0.5) is 0 Å². The van der Waals surface area contributed by atoms with Crippen LogP contribution in [0.1, 0.15) is 106 Å². The molecule has 0 aromatic rings. The monoisotopic (exact) mass is 956 g/mol. The van der Waals surface area contributed by atoms with E-state index >= 15 is 4.79 Å². The highest BCUT2D eigenvalue weighted by molar-refractivity contribution is 5.85. The van der Waals surface area contributed by atoms with Crippen LogP contribution in [0.25, 0.3) is 0 Å². The van der Waals surface area contributed by atoms with Crippen LogP contribution >= 0.6 is 0 Å². The lowest BCUT2D eigenvalue weighted by molar-refractivity contribution is -0.366. The number of aliphatic hydroxyl groups excluding tert-OH is 10. The summed E-state index contributed by atoms with van der Waals surface area (Å²) in [5, 5.41) is 117. The Balaban J connectivity index is 1.10. The Labute approximate surface area is 391 Å². The van der Waals surface area contributed by atoms with E-state index in [4.69, 9.17) is 28.4 Å². The Kier molecular flexibility index (Phi) is 14.0. The fourth-order valence-electron chi connectivity index (χ4n) is 15.3. The zero-order valence-corrected chi connectivity index (χ0v) is 39.7. The van der Waals surface area contributed by atoms with Crippen molar-refractivity contribution in [1.29, 1.82) is 0 Å². The van der Waals surface area contributed by atoms with Crippen molar-refractivity contribution in [1.82, 2.24) is 0 Å². The molecule has 67 heavy (non-hydrogen) atoms. The van der Waals surface area contributed by atoms with Crippen LogP contribution in [0.2, 0.25) is 0 Å². The molecule has 0 amide bonds. The van der Waals surface area contributed by atoms with Crippen molar-refractivity contribution in [3.8, 4) is 0 Å². The molecule has 8 aliphatic rings. The SMILES string of the molecule is C[C@H]1[C@H](C)CC[C@]2(C(=O)O)CC[C@]3(C(=O)O[C@@H]4O[C@H](CO)[C@@H](O)[C@H](O)[C@H]4O)C(=CC[C@@H]4[C@@]5(C)CC[C@H](O[C@@H]6O[C@@H](C)[C@H](O)[C@@H](O[C@@H]7O[C@H](CO)[C@@H](O)[C@H](O)[C@H]7O)[C@H]6O)C(C)(C)[C@@H]5CC[C@]43C)[C@H]12. The van der Waals surface area contributed by atoms with Crippen molar-refractivity contribution in [2.75, 3.05) is 13.2 Å². The summed E-state index contributed by atoms with van der Waals surface area (Å²) in [7, 11) is 0. The summed E-state index contributed by atoms with van der Waals surface area (Å²) < 4.78 is 36.2. The van der Waals surface area contributed by atoms with Gasteiger partial charge in [0.1, 0.15) is 67.1 Å². The Morgan fingerprint density at radius 1 is 0.657 bits per heavy atom. The number of carboxylic acids is 1. The lowest BCUT2D eigenvalue weighted by atomic mass is 9.33. The number of carbonyl (C=O) groups excluding carboxylic acids is 1. The number of carboxylic acid groups (broad SMARTS) is 1. The van der Waals surface area contributed by atoms with Gasteiger partial charge in [-0.1, -0.05) is 53.2 Å². The average Bonchev–Trinajstić information content (AvgIpc) is 3.28. The van der Waals surface area contributed by atoms with Crippen molar-refractivity contribution in [2.45, 2.75) is 204 Å². The van der Waals surface area contributed by atoms with Gasteiger partial charge in [0.15, 0.2) is 12.6 Å². The smallest absolute Gasteiger partial charge is 0.319 e. The predicted octanol–water partition coefficient (Wildman–Crippen LogP) is 0.0887. The molecule has 5 aliphatic carbocycles. The third-order valence-corrected chi connectivity index (χ3v) is 19.4. The highest BCUT2D eigenvalue weighted by Crippen LogP contribution is 2.76. The quantitative estimate of drug-likeness (QED) is 0.0829. The molecule has 0 aromatic carbocycles.